The predicted octanol–water partition coefficient (Wildman–Crippen LogP) is 0.929. The SMILES string of the molecule is CNc1nc(NCc2ccncc2)nc(OC)n1. The van der Waals surface area contributed by atoms with Crippen molar-refractivity contribution >= 4 is 11.9 Å². The molecule has 0 saturated heterocycles. The Balaban J connectivity index is 2.09. The Morgan fingerprint density at radius 2 is 1.83 bits per heavy atom. The lowest BCUT2D eigenvalue weighted by molar-refractivity contribution is 0.379. The van der Waals surface area contributed by atoms with Gasteiger partial charge < -0.3 is 15.4 Å². The van der Waals surface area contributed by atoms with E-state index in [4.69, 9.17) is 4.74 Å². The molecule has 0 aromatic carbocycles. The molecule has 18 heavy (non-hydrogen) atoms. The average molecular weight is 246 g/mol. The number of ether oxygens (including phenoxy) is 1. The number of pyridine rings is 1. The number of methoxy groups -OCH3 is 1. The lowest BCUT2D eigenvalue weighted by atomic mass is 10.3. The Kier molecular flexibility index (Phi) is 3.85. The van der Waals surface area contributed by atoms with Crippen LogP contribution in [-0.4, -0.2) is 34.1 Å². The minimum absolute atomic E-state index is 0.270. The van der Waals surface area contributed by atoms with Crippen molar-refractivity contribution in [2.45, 2.75) is 6.54 Å². The summed E-state index contributed by atoms with van der Waals surface area (Å²) in [5.74, 6) is 0.919. The van der Waals surface area contributed by atoms with Gasteiger partial charge in [-0.2, -0.15) is 15.0 Å². The van der Waals surface area contributed by atoms with Gasteiger partial charge in [-0.3, -0.25) is 4.98 Å². The van der Waals surface area contributed by atoms with Crippen molar-refractivity contribution in [1.29, 1.82) is 0 Å². The maximum atomic E-state index is 5.00. The van der Waals surface area contributed by atoms with Crippen molar-refractivity contribution in [3.8, 4) is 6.01 Å². The second kappa shape index (κ2) is 5.76. The number of hydrogen-bond acceptors (Lipinski definition) is 7. The van der Waals surface area contributed by atoms with Crippen LogP contribution in [0, 0.1) is 0 Å². The Bertz CT molecular complexity index is 482. The minimum atomic E-state index is 0.270. The monoisotopic (exact) mass is 246 g/mol. The van der Waals surface area contributed by atoms with E-state index in [0.29, 0.717) is 18.4 Å². The zero-order valence-electron chi connectivity index (χ0n) is 10.2. The third-order valence-electron chi connectivity index (χ3n) is 2.22. The molecule has 0 aliphatic carbocycles. The van der Waals surface area contributed by atoms with Crippen molar-refractivity contribution in [1.82, 2.24) is 19.9 Å². The smallest absolute Gasteiger partial charge is 0.322 e. The molecule has 0 radical (unpaired) electrons. The van der Waals surface area contributed by atoms with Crippen LogP contribution in [0.4, 0.5) is 11.9 Å². The highest BCUT2D eigenvalue weighted by Crippen LogP contribution is 2.11. The van der Waals surface area contributed by atoms with Crippen molar-refractivity contribution < 1.29 is 4.74 Å². The Morgan fingerprint density at radius 1 is 1.11 bits per heavy atom. The molecule has 0 aliphatic heterocycles. The highest BCUT2D eigenvalue weighted by Gasteiger charge is 2.05. The minimum Gasteiger partial charge on any atom is -0.467 e. The lowest BCUT2D eigenvalue weighted by Gasteiger charge is -2.07. The number of anilines is 2. The van der Waals surface area contributed by atoms with E-state index in [1.54, 1.807) is 19.4 Å². The van der Waals surface area contributed by atoms with Gasteiger partial charge >= 0.3 is 6.01 Å². The van der Waals surface area contributed by atoms with Crippen LogP contribution in [-0.2, 0) is 6.54 Å². The van der Waals surface area contributed by atoms with Gasteiger partial charge in [0.05, 0.1) is 7.11 Å². The molecule has 0 unspecified atom stereocenters. The summed E-state index contributed by atoms with van der Waals surface area (Å²) in [4.78, 5) is 16.3. The van der Waals surface area contributed by atoms with E-state index in [1.807, 2.05) is 12.1 Å². The van der Waals surface area contributed by atoms with Gasteiger partial charge in [0.15, 0.2) is 0 Å². The van der Waals surface area contributed by atoms with Crippen LogP contribution >= 0.6 is 0 Å². The highest BCUT2D eigenvalue weighted by atomic mass is 16.5. The summed E-state index contributed by atoms with van der Waals surface area (Å²) < 4.78 is 5.00. The zero-order chi connectivity index (χ0) is 12.8. The standard InChI is InChI=1S/C11H14N6O/c1-12-9-15-10(17-11(16-9)18-2)14-7-8-3-5-13-6-4-8/h3-6H,7H2,1-2H3,(H2,12,14,15,16,17). The van der Waals surface area contributed by atoms with Gasteiger partial charge in [-0.15, -0.1) is 0 Å². The molecule has 2 aromatic rings. The third kappa shape index (κ3) is 3.03. The van der Waals surface area contributed by atoms with Crippen LogP contribution in [0.2, 0.25) is 0 Å². The molecule has 2 N–H and O–H groups in total. The van der Waals surface area contributed by atoms with Crippen molar-refractivity contribution in [3.63, 3.8) is 0 Å². The van der Waals surface area contributed by atoms with Crippen LogP contribution in [0.5, 0.6) is 6.01 Å². The highest BCUT2D eigenvalue weighted by molar-refractivity contribution is 5.36. The van der Waals surface area contributed by atoms with Crippen molar-refractivity contribution in [2.75, 3.05) is 24.8 Å². The second-order valence-corrected chi connectivity index (χ2v) is 3.43. The van der Waals surface area contributed by atoms with E-state index in [1.165, 1.54) is 7.11 Å². The van der Waals surface area contributed by atoms with Gasteiger partial charge in [-0.1, -0.05) is 0 Å². The molecule has 0 amide bonds. The number of nitrogens with one attached hydrogen (secondary N) is 2. The van der Waals surface area contributed by atoms with Crippen LogP contribution in [0.25, 0.3) is 0 Å². The van der Waals surface area contributed by atoms with E-state index >= 15 is 0 Å². The first kappa shape index (κ1) is 12.0. The number of aromatic nitrogens is 4. The van der Waals surface area contributed by atoms with Crippen molar-refractivity contribution in [2.24, 2.45) is 0 Å². The van der Waals surface area contributed by atoms with Crippen LogP contribution in [0.1, 0.15) is 5.56 Å². The Labute approximate surface area is 105 Å². The van der Waals surface area contributed by atoms with Crippen molar-refractivity contribution in [3.05, 3.63) is 30.1 Å². The molecule has 7 nitrogen and oxygen atoms in total. The molecule has 0 saturated carbocycles. The van der Waals surface area contributed by atoms with Gasteiger partial charge in [-0.25, -0.2) is 0 Å². The summed E-state index contributed by atoms with van der Waals surface area (Å²) in [6, 6.07) is 4.11. The normalized spacial score (nSPS) is 9.89. The van der Waals surface area contributed by atoms with E-state index < -0.39 is 0 Å². The fourth-order valence-electron chi connectivity index (χ4n) is 1.32. The molecule has 0 aliphatic rings. The van der Waals surface area contributed by atoms with E-state index in [-0.39, 0.29) is 6.01 Å². The summed E-state index contributed by atoms with van der Waals surface area (Å²) in [6.45, 7) is 0.610. The van der Waals surface area contributed by atoms with Gasteiger partial charge in [0, 0.05) is 26.0 Å². The Hall–Kier alpha value is -2.44. The first-order valence-electron chi connectivity index (χ1n) is 5.42. The molecular weight excluding hydrogens is 232 g/mol. The first-order valence-corrected chi connectivity index (χ1v) is 5.42. The quantitative estimate of drug-likeness (QED) is 0.811. The Morgan fingerprint density at radius 3 is 2.50 bits per heavy atom. The molecule has 0 bridgehead atoms. The number of nitrogens with zero attached hydrogens (tertiary/aromatic N) is 4. The molecule has 0 spiro atoms. The molecular formula is C11H14N6O. The molecule has 94 valence electrons. The number of rotatable bonds is 5. The largest absolute Gasteiger partial charge is 0.467 e. The fraction of sp³-hybridized carbons (Fsp3) is 0.273. The predicted molar refractivity (Wildman–Crippen MR) is 67.5 cm³/mol. The third-order valence-corrected chi connectivity index (χ3v) is 2.22. The lowest BCUT2D eigenvalue weighted by Crippen LogP contribution is -2.08. The molecule has 2 heterocycles. The molecule has 2 rings (SSSR count). The number of hydrogen-bond donors (Lipinski definition) is 2. The second-order valence-electron chi connectivity index (χ2n) is 3.43. The molecule has 0 fully saturated rings. The van der Waals surface area contributed by atoms with Gasteiger partial charge in [0.1, 0.15) is 0 Å². The van der Waals surface area contributed by atoms with E-state index in [9.17, 15) is 0 Å². The van der Waals surface area contributed by atoms with Gasteiger partial charge in [0.25, 0.3) is 0 Å². The zero-order valence-corrected chi connectivity index (χ0v) is 10.2. The van der Waals surface area contributed by atoms with Crippen LogP contribution in [0.3, 0.4) is 0 Å². The topological polar surface area (TPSA) is 84.9 Å². The van der Waals surface area contributed by atoms with E-state index in [2.05, 4.69) is 30.6 Å². The van der Waals surface area contributed by atoms with E-state index in [0.717, 1.165) is 5.56 Å². The van der Waals surface area contributed by atoms with Crippen LogP contribution in [0.15, 0.2) is 24.5 Å². The molecule has 7 heteroatoms. The van der Waals surface area contributed by atoms with Crippen LogP contribution < -0.4 is 15.4 Å². The van der Waals surface area contributed by atoms with Gasteiger partial charge in [0.2, 0.25) is 11.9 Å². The fourth-order valence-corrected chi connectivity index (χ4v) is 1.32. The average Bonchev–Trinajstić information content (AvgIpc) is 2.45. The maximum absolute atomic E-state index is 5.00. The summed E-state index contributed by atoms with van der Waals surface area (Å²) in [6.07, 6.45) is 3.48. The molecule has 0 atom stereocenters. The first-order chi connectivity index (χ1) is 8.81. The summed E-state index contributed by atoms with van der Waals surface area (Å²) >= 11 is 0. The summed E-state index contributed by atoms with van der Waals surface area (Å²) in [7, 11) is 3.25. The summed E-state index contributed by atoms with van der Waals surface area (Å²) in [5, 5.41) is 5.95. The maximum Gasteiger partial charge on any atom is 0.322 e. The summed E-state index contributed by atoms with van der Waals surface area (Å²) in [5.41, 5.74) is 1.09. The molecule has 2 aromatic heterocycles. The van der Waals surface area contributed by atoms with Gasteiger partial charge in [-0.05, 0) is 17.7 Å².